The van der Waals surface area contributed by atoms with Crippen LogP contribution < -0.4 is 5.32 Å². The first-order chi connectivity index (χ1) is 16.2. The predicted octanol–water partition coefficient (Wildman–Crippen LogP) is 2.80. The Kier molecular flexibility index (Phi) is 8.53. The summed E-state index contributed by atoms with van der Waals surface area (Å²) in [5, 5.41) is 27.2. The Bertz CT molecular complexity index is 966. The maximum Gasteiger partial charge on any atom is 0.259 e. The Balaban J connectivity index is 1.85. The van der Waals surface area contributed by atoms with Crippen molar-refractivity contribution in [2.75, 3.05) is 13.2 Å². The van der Waals surface area contributed by atoms with Gasteiger partial charge in [0.1, 0.15) is 18.5 Å². The van der Waals surface area contributed by atoms with E-state index in [9.17, 15) is 19.8 Å². The van der Waals surface area contributed by atoms with Gasteiger partial charge in [-0.25, -0.2) is 9.37 Å². The van der Waals surface area contributed by atoms with Crippen LogP contribution in [0.2, 0.25) is 0 Å². The number of hydrogen-bond acceptors (Lipinski definition) is 8. The number of nitrogens with one attached hydrogen (secondary N) is 1. The van der Waals surface area contributed by atoms with Gasteiger partial charge in [-0.1, -0.05) is 27.7 Å². The molecule has 1 aromatic heterocycles. The molecule has 0 bridgehead atoms. The molecule has 0 aliphatic carbocycles. The number of amides is 1. The lowest BCUT2D eigenvalue weighted by Crippen LogP contribution is -2.48. The molecule has 8 nitrogen and oxygen atoms in total. The molecule has 3 N–H and O–H groups in total. The molecule has 0 radical (unpaired) electrons. The first-order valence-electron chi connectivity index (χ1n) is 12.0. The fourth-order valence-corrected chi connectivity index (χ4v) is 5.04. The number of alkyl halides is 1. The van der Waals surface area contributed by atoms with Crippen LogP contribution in [-0.2, 0) is 19.1 Å². The van der Waals surface area contributed by atoms with Gasteiger partial charge >= 0.3 is 0 Å². The minimum Gasteiger partial charge on any atom is -0.392 e. The number of carbonyl (C=O) groups excluding carboxylic acids is 2. The molecule has 7 atom stereocenters. The van der Waals surface area contributed by atoms with Gasteiger partial charge in [-0.15, -0.1) is 11.3 Å². The van der Waals surface area contributed by atoms with Crippen molar-refractivity contribution < 1.29 is 33.7 Å². The van der Waals surface area contributed by atoms with Crippen molar-refractivity contribution in [3.63, 3.8) is 0 Å². The van der Waals surface area contributed by atoms with E-state index in [4.69, 9.17) is 9.47 Å². The van der Waals surface area contributed by atoms with Crippen molar-refractivity contribution in [1.29, 1.82) is 0 Å². The number of halogens is 1. The van der Waals surface area contributed by atoms with Crippen LogP contribution in [0.3, 0.4) is 0 Å². The highest BCUT2D eigenvalue weighted by Crippen LogP contribution is 2.42. The van der Waals surface area contributed by atoms with E-state index in [2.05, 4.69) is 10.3 Å². The second kappa shape index (κ2) is 10.7. The second-order valence-corrected chi connectivity index (χ2v) is 11.6. The number of aryl methyl sites for hydroxylation is 1. The summed E-state index contributed by atoms with van der Waals surface area (Å²) in [6, 6.07) is -0.564. The highest BCUT2D eigenvalue weighted by molar-refractivity contribution is 7.09. The molecular weight excluding hydrogens is 475 g/mol. The first kappa shape index (κ1) is 27.9. The summed E-state index contributed by atoms with van der Waals surface area (Å²) in [6.45, 7) is 9.91. The van der Waals surface area contributed by atoms with Gasteiger partial charge in [-0.2, -0.15) is 0 Å². The average molecular weight is 513 g/mol. The smallest absolute Gasteiger partial charge is 0.259 e. The van der Waals surface area contributed by atoms with Crippen molar-refractivity contribution in [2.24, 2.45) is 17.3 Å². The molecule has 35 heavy (non-hydrogen) atoms. The van der Waals surface area contributed by atoms with Gasteiger partial charge < -0.3 is 25.0 Å². The molecule has 2 saturated heterocycles. The molecule has 10 heteroatoms. The van der Waals surface area contributed by atoms with Gasteiger partial charge in [0.2, 0.25) is 5.91 Å². The number of aliphatic hydroxyl groups excluding tert-OH is 2. The number of epoxide rings is 1. The summed E-state index contributed by atoms with van der Waals surface area (Å²) in [6.07, 6.45) is -1.40. The number of nitrogens with zero attached hydrogens (tertiary/aromatic N) is 1. The lowest BCUT2D eigenvalue weighted by atomic mass is 9.73. The van der Waals surface area contributed by atoms with Gasteiger partial charge in [0.25, 0.3) is 5.85 Å². The topological polar surface area (TPSA) is 121 Å². The zero-order chi connectivity index (χ0) is 26.1. The maximum absolute atomic E-state index is 15.1. The quantitative estimate of drug-likeness (QED) is 0.521. The minimum absolute atomic E-state index is 0.0474. The Morgan fingerprint density at radius 2 is 2.00 bits per heavy atom. The second-order valence-electron chi connectivity index (χ2n) is 10.5. The highest BCUT2D eigenvalue weighted by atomic mass is 32.1. The third kappa shape index (κ3) is 6.54. The van der Waals surface area contributed by atoms with Crippen molar-refractivity contribution in [2.45, 2.75) is 84.6 Å². The third-order valence-electron chi connectivity index (χ3n) is 7.14. The molecule has 0 aromatic carbocycles. The van der Waals surface area contributed by atoms with E-state index in [1.165, 1.54) is 11.3 Å². The standard InChI is InChI=1S/C25H37FN2O6S/c1-13(7-17-11-35-16(4)27-17)18-8-20-25(26,34-20)12-33-10-14(2)22(31)15(3)23(32)24(5,6)19(29)9-21(30)28-18/h7,11,14-15,18-20,22,29,31H,8-10,12H2,1-6H3,(H,28,30)/b13-7+/t14-,15-,18-,19+,20?,22-,25?/m1/s1. The van der Waals surface area contributed by atoms with Crippen molar-refractivity contribution in [1.82, 2.24) is 10.3 Å². The Hall–Kier alpha value is -1.72. The van der Waals surface area contributed by atoms with Crippen LogP contribution in [0.4, 0.5) is 4.39 Å². The number of rotatable bonds is 2. The molecule has 1 aromatic rings. The molecule has 1 amide bonds. The van der Waals surface area contributed by atoms with E-state index in [0.717, 1.165) is 16.3 Å². The molecule has 196 valence electrons. The normalized spacial score (nSPS) is 37.5. The number of carbonyl (C=O) groups is 2. The van der Waals surface area contributed by atoms with Crippen LogP contribution in [-0.4, -0.2) is 70.3 Å². The number of fused-ring (bicyclic) bond motifs is 1. The zero-order valence-electron chi connectivity index (χ0n) is 21.2. The number of thiazole rings is 1. The van der Waals surface area contributed by atoms with Crippen LogP contribution >= 0.6 is 11.3 Å². The molecule has 2 fully saturated rings. The largest absolute Gasteiger partial charge is 0.392 e. The van der Waals surface area contributed by atoms with E-state index in [1.54, 1.807) is 27.7 Å². The molecule has 2 aliphatic rings. The summed E-state index contributed by atoms with van der Waals surface area (Å²) in [4.78, 5) is 30.5. The van der Waals surface area contributed by atoms with Crippen molar-refractivity contribution in [3.05, 3.63) is 21.7 Å². The molecule has 0 spiro atoms. The van der Waals surface area contributed by atoms with Gasteiger partial charge in [0.15, 0.2) is 0 Å². The van der Waals surface area contributed by atoms with Gasteiger partial charge in [-0.05, 0) is 25.5 Å². The van der Waals surface area contributed by atoms with Crippen molar-refractivity contribution >= 4 is 29.1 Å². The third-order valence-corrected chi connectivity index (χ3v) is 7.94. The number of ketones is 1. The van der Waals surface area contributed by atoms with E-state index in [0.29, 0.717) is 0 Å². The predicted molar refractivity (Wildman–Crippen MR) is 130 cm³/mol. The lowest BCUT2D eigenvalue weighted by molar-refractivity contribution is -0.143. The highest BCUT2D eigenvalue weighted by Gasteiger charge is 2.59. The monoisotopic (exact) mass is 512 g/mol. The fourth-order valence-electron chi connectivity index (χ4n) is 4.47. The summed E-state index contributed by atoms with van der Waals surface area (Å²) in [5.74, 6) is -4.06. The van der Waals surface area contributed by atoms with E-state index >= 15 is 4.39 Å². The number of hydrogen-bond donors (Lipinski definition) is 3. The number of Topliss-reactive ketones (excluding diaryl/α,β-unsaturated/α-hetero) is 1. The summed E-state index contributed by atoms with van der Waals surface area (Å²) in [7, 11) is 0. The van der Waals surface area contributed by atoms with Crippen LogP contribution in [0.1, 0.15) is 58.2 Å². The van der Waals surface area contributed by atoms with Gasteiger partial charge in [-0.3, -0.25) is 9.59 Å². The maximum atomic E-state index is 15.1. The Labute approximate surface area is 209 Å². The van der Waals surface area contributed by atoms with Crippen LogP contribution in [0.25, 0.3) is 6.08 Å². The molecular formula is C25H37FN2O6S. The Morgan fingerprint density at radius 3 is 2.63 bits per heavy atom. The first-order valence-corrected chi connectivity index (χ1v) is 12.9. The summed E-state index contributed by atoms with van der Waals surface area (Å²) in [5.41, 5.74) is 0.242. The van der Waals surface area contributed by atoms with Crippen LogP contribution in [0.15, 0.2) is 11.0 Å². The number of aliphatic hydroxyl groups is 2. The number of ether oxygens (including phenoxy) is 2. The molecule has 2 unspecified atom stereocenters. The zero-order valence-corrected chi connectivity index (χ0v) is 22.0. The van der Waals surface area contributed by atoms with Crippen molar-refractivity contribution in [3.8, 4) is 0 Å². The van der Waals surface area contributed by atoms with Crippen LogP contribution in [0, 0.1) is 24.2 Å². The summed E-state index contributed by atoms with van der Waals surface area (Å²) >= 11 is 1.50. The molecule has 0 saturated carbocycles. The van der Waals surface area contributed by atoms with Gasteiger partial charge in [0, 0.05) is 23.6 Å². The van der Waals surface area contributed by atoms with E-state index < -0.39 is 53.4 Å². The lowest BCUT2D eigenvalue weighted by Gasteiger charge is -2.34. The Morgan fingerprint density at radius 1 is 1.31 bits per heavy atom. The molecule has 3 rings (SSSR count). The van der Waals surface area contributed by atoms with Crippen LogP contribution in [0.5, 0.6) is 0 Å². The minimum atomic E-state index is -1.98. The van der Waals surface area contributed by atoms with Gasteiger partial charge in [0.05, 0.1) is 47.4 Å². The fraction of sp³-hybridized carbons (Fsp3) is 0.720. The number of aromatic nitrogens is 1. The van der Waals surface area contributed by atoms with E-state index in [-0.39, 0.29) is 31.8 Å². The summed E-state index contributed by atoms with van der Waals surface area (Å²) < 4.78 is 25.9. The molecule has 3 heterocycles. The average Bonchev–Trinajstić information content (AvgIpc) is 3.22. The molecule has 2 aliphatic heterocycles. The van der Waals surface area contributed by atoms with E-state index in [1.807, 2.05) is 25.3 Å². The SMILES string of the molecule is C/C(=C\c1csc(C)n1)[C@H]1CC2OC2(F)COC[C@@H](C)[C@@H](O)[C@@H](C)C(=O)C(C)(C)[C@@H](O)CC(=O)N1.